The molecule has 0 N–H and O–H groups in total. The average Bonchev–Trinajstić information content (AvgIpc) is 2.31. The summed E-state index contributed by atoms with van der Waals surface area (Å²) in [4.78, 5) is 1.36. The van der Waals surface area contributed by atoms with Crippen molar-refractivity contribution >= 4 is 23.4 Å². The summed E-state index contributed by atoms with van der Waals surface area (Å²) >= 11 is 7.70. The SMILES string of the molecule is CCC(CC)CSc1ccc(CCl)cc1. The molecule has 0 amide bonds. The van der Waals surface area contributed by atoms with Gasteiger partial charge in [-0.15, -0.1) is 23.4 Å². The van der Waals surface area contributed by atoms with Gasteiger partial charge in [-0.1, -0.05) is 38.8 Å². The zero-order chi connectivity index (χ0) is 11.1. The first-order valence-electron chi connectivity index (χ1n) is 5.57. The van der Waals surface area contributed by atoms with Crippen LogP contribution in [-0.2, 0) is 5.88 Å². The van der Waals surface area contributed by atoms with Gasteiger partial charge in [0.15, 0.2) is 0 Å². The number of halogens is 1. The van der Waals surface area contributed by atoms with Crippen LogP contribution < -0.4 is 0 Å². The molecule has 0 heterocycles. The average molecular weight is 243 g/mol. The van der Waals surface area contributed by atoms with E-state index in [-0.39, 0.29) is 0 Å². The van der Waals surface area contributed by atoms with E-state index in [4.69, 9.17) is 11.6 Å². The number of hydrogen-bond donors (Lipinski definition) is 0. The Kier molecular flexibility index (Phi) is 6.19. The normalized spacial score (nSPS) is 10.9. The van der Waals surface area contributed by atoms with Crippen molar-refractivity contribution in [3.8, 4) is 0 Å². The van der Waals surface area contributed by atoms with Crippen LogP contribution >= 0.6 is 23.4 Å². The number of thioether (sulfide) groups is 1. The van der Waals surface area contributed by atoms with Crippen molar-refractivity contribution < 1.29 is 0 Å². The van der Waals surface area contributed by atoms with Crippen molar-refractivity contribution in [2.45, 2.75) is 37.5 Å². The predicted molar refractivity (Wildman–Crippen MR) is 70.8 cm³/mol. The van der Waals surface area contributed by atoms with Crippen LogP contribution in [0.1, 0.15) is 32.3 Å². The smallest absolute Gasteiger partial charge is 0.0474 e. The summed E-state index contributed by atoms with van der Waals surface area (Å²) in [6.45, 7) is 4.54. The van der Waals surface area contributed by atoms with E-state index >= 15 is 0 Å². The zero-order valence-corrected chi connectivity index (χ0v) is 11.1. The Morgan fingerprint density at radius 1 is 1.13 bits per heavy atom. The van der Waals surface area contributed by atoms with E-state index in [1.54, 1.807) is 0 Å². The van der Waals surface area contributed by atoms with Gasteiger partial charge < -0.3 is 0 Å². The Morgan fingerprint density at radius 3 is 2.20 bits per heavy atom. The highest BCUT2D eigenvalue weighted by Crippen LogP contribution is 2.24. The van der Waals surface area contributed by atoms with Crippen molar-refractivity contribution in [1.29, 1.82) is 0 Å². The highest BCUT2D eigenvalue weighted by Gasteiger charge is 2.04. The van der Waals surface area contributed by atoms with Crippen LogP contribution in [0.4, 0.5) is 0 Å². The standard InChI is InChI=1S/C13H19ClS/c1-3-11(4-2)10-15-13-7-5-12(9-14)6-8-13/h5-8,11H,3-4,9-10H2,1-2H3. The van der Waals surface area contributed by atoms with E-state index in [2.05, 4.69) is 38.1 Å². The first kappa shape index (κ1) is 12.9. The summed E-state index contributed by atoms with van der Waals surface area (Å²) in [5.74, 6) is 2.69. The first-order chi connectivity index (χ1) is 7.30. The summed E-state index contributed by atoms with van der Waals surface area (Å²) in [6.07, 6.45) is 2.56. The van der Waals surface area contributed by atoms with Crippen molar-refractivity contribution in [2.75, 3.05) is 5.75 Å². The molecule has 15 heavy (non-hydrogen) atoms. The van der Waals surface area contributed by atoms with E-state index in [0.717, 1.165) is 5.92 Å². The molecule has 0 atom stereocenters. The first-order valence-corrected chi connectivity index (χ1v) is 7.09. The molecule has 1 aromatic rings. The maximum Gasteiger partial charge on any atom is 0.0474 e. The monoisotopic (exact) mass is 242 g/mol. The van der Waals surface area contributed by atoms with E-state index in [1.165, 1.54) is 29.1 Å². The van der Waals surface area contributed by atoms with Crippen LogP contribution in [0.2, 0.25) is 0 Å². The second kappa shape index (κ2) is 7.19. The topological polar surface area (TPSA) is 0 Å². The minimum Gasteiger partial charge on any atom is -0.126 e. The van der Waals surface area contributed by atoms with Crippen LogP contribution in [0.3, 0.4) is 0 Å². The number of hydrogen-bond acceptors (Lipinski definition) is 1. The minimum absolute atomic E-state index is 0.609. The molecule has 84 valence electrons. The highest BCUT2D eigenvalue weighted by atomic mass is 35.5. The van der Waals surface area contributed by atoms with Gasteiger partial charge in [-0.05, 0) is 23.6 Å². The lowest BCUT2D eigenvalue weighted by Gasteiger charge is -2.11. The molecule has 0 unspecified atom stereocenters. The van der Waals surface area contributed by atoms with E-state index < -0.39 is 0 Å². The van der Waals surface area contributed by atoms with Gasteiger partial charge in [-0.3, -0.25) is 0 Å². The van der Waals surface area contributed by atoms with Gasteiger partial charge in [-0.25, -0.2) is 0 Å². The van der Waals surface area contributed by atoms with Crippen LogP contribution in [0.5, 0.6) is 0 Å². The summed E-state index contributed by atoms with van der Waals surface area (Å²) < 4.78 is 0. The molecule has 0 fully saturated rings. The van der Waals surface area contributed by atoms with Crippen molar-refractivity contribution in [1.82, 2.24) is 0 Å². The molecule has 0 saturated carbocycles. The second-order valence-corrected chi connectivity index (χ2v) is 5.13. The fourth-order valence-corrected chi connectivity index (χ4v) is 2.82. The van der Waals surface area contributed by atoms with Gasteiger partial charge in [0, 0.05) is 16.5 Å². The molecular formula is C13H19ClS. The van der Waals surface area contributed by atoms with Crippen molar-refractivity contribution in [2.24, 2.45) is 5.92 Å². The highest BCUT2D eigenvalue weighted by molar-refractivity contribution is 7.99. The number of rotatable bonds is 6. The quantitative estimate of drug-likeness (QED) is 0.502. The molecular weight excluding hydrogens is 224 g/mol. The number of benzene rings is 1. The molecule has 0 aliphatic heterocycles. The summed E-state index contributed by atoms with van der Waals surface area (Å²) in [5.41, 5.74) is 1.20. The fourth-order valence-electron chi connectivity index (χ4n) is 1.41. The molecule has 0 aromatic heterocycles. The van der Waals surface area contributed by atoms with Gasteiger partial charge in [0.1, 0.15) is 0 Å². The summed E-state index contributed by atoms with van der Waals surface area (Å²) in [7, 11) is 0. The zero-order valence-electron chi connectivity index (χ0n) is 9.50. The Labute approximate surface area is 102 Å². The molecule has 0 saturated heterocycles. The summed E-state index contributed by atoms with van der Waals surface area (Å²) in [5, 5.41) is 0. The number of alkyl halides is 1. The van der Waals surface area contributed by atoms with Gasteiger partial charge >= 0.3 is 0 Å². The third-order valence-electron chi connectivity index (χ3n) is 2.72. The maximum atomic E-state index is 5.74. The minimum atomic E-state index is 0.609. The molecule has 0 bridgehead atoms. The lowest BCUT2D eigenvalue weighted by molar-refractivity contribution is 0.554. The van der Waals surface area contributed by atoms with E-state index in [1.807, 2.05) is 11.8 Å². The third-order valence-corrected chi connectivity index (χ3v) is 4.27. The van der Waals surface area contributed by atoms with Crippen LogP contribution in [-0.4, -0.2) is 5.75 Å². The van der Waals surface area contributed by atoms with Gasteiger partial charge in [0.25, 0.3) is 0 Å². The van der Waals surface area contributed by atoms with Gasteiger partial charge in [0.05, 0.1) is 0 Å². The molecule has 1 rings (SSSR count). The summed E-state index contributed by atoms with van der Waals surface area (Å²) in [6, 6.07) is 8.57. The maximum absolute atomic E-state index is 5.74. The van der Waals surface area contributed by atoms with Crippen molar-refractivity contribution in [3.63, 3.8) is 0 Å². The van der Waals surface area contributed by atoms with Crippen molar-refractivity contribution in [3.05, 3.63) is 29.8 Å². The Morgan fingerprint density at radius 2 is 1.73 bits per heavy atom. The molecule has 2 heteroatoms. The molecule has 0 aliphatic carbocycles. The van der Waals surface area contributed by atoms with Crippen LogP contribution in [0, 0.1) is 5.92 Å². The third kappa shape index (κ3) is 4.48. The molecule has 1 aromatic carbocycles. The molecule has 0 radical (unpaired) electrons. The molecule has 0 aliphatic rings. The molecule has 0 spiro atoms. The van der Waals surface area contributed by atoms with Crippen LogP contribution in [0.25, 0.3) is 0 Å². The predicted octanol–water partition coefficient (Wildman–Crippen LogP) is 4.95. The second-order valence-electron chi connectivity index (χ2n) is 3.77. The van der Waals surface area contributed by atoms with E-state index in [0.29, 0.717) is 5.88 Å². The largest absolute Gasteiger partial charge is 0.126 e. The van der Waals surface area contributed by atoms with E-state index in [9.17, 15) is 0 Å². The Hall–Kier alpha value is -0.140. The lowest BCUT2D eigenvalue weighted by Crippen LogP contribution is -1.99. The van der Waals surface area contributed by atoms with Gasteiger partial charge in [0.2, 0.25) is 0 Å². The molecule has 0 nitrogen and oxygen atoms in total. The van der Waals surface area contributed by atoms with Gasteiger partial charge in [-0.2, -0.15) is 0 Å². The Bertz CT molecular complexity index is 264. The fraction of sp³-hybridized carbons (Fsp3) is 0.538. The lowest BCUT2D eigenvalue weighted by atomic mass is 10.1. The Balaban J connectivity index is 2.43. The van der Waals surface area contributed by atoms with Crippen LogP contribution in [0.15, 0.2) is 29.2 Å².